The third-order valence-electron chi connectivity index (χ3n) is 3.02. The topological polar surface area (TPSA) is 3.24 Å². The van der Waals surface area contributed by atoms with Crippen molar-refractivity contribution in [3.8, 4) is 0 Å². The minimum atomic E-state index is -0.495. The van der Waals surface area contributed by atoms with Crippen LogP contribution < -0.4 is 4.90 Å². The van der Waals surface area contributed by atoms with Crippen LogP contribution in [0.5, 0.6) is 0 Å². The van der Waals surface area contributed by atoms with Crippen molar-refractivity contribution in [2.45, 2.75) is 32.6 Å². The molecule has 0 N–H and O–H groups in total. The van der Waals surface area contributed by atoms with E-state index in [0.29, 0.717) is 12.1 Å². The average Bonchev–Trinajstić information content (AvgIpc) is 2.28. The van der Waals surface area contributed by atoms with Crippen molar-refractivity contribution in [2.24, 2.45) is 0 Å². The quantitative estimate of drug-likeness (QED) is 0.714. The number of fused-ring (bicyclic) bond motifs is 1. The van der Waals surface area contributed by atoms with Gasteiger partial charge in [-0.2, -0.15) is 0 Å². The lowest BCUT2D eigenvalue weighted by atomic mass is 10.0. The summed E-state index contributed by atoms with van der Waals surface area (Å²) in [6.07, 6.45) is 7.75. The molecule has 0 unspecified atom stereocenters. The maximum atomic E-state index is 13.8. The van der Waals surface area contributed by atoms with E-state index in [1.54, 1.807) is 0 Å². The molecule has 3 heteroatoms. The molecule has 1 heterocycles. The zero-order valence-corrected chi connectivity index (χ0v) is 10.0. The first-order valence-corrected chi connectivity index (χ1v) is 6.13. The summed E-state index contributed by atoms with van der Waals surface area (Å²) < 4.78 is 26.9. The molecular weight excluding hydrogens is 220 g/mol. The zero-order chi connectivity index (χ0) is 12.3. The van der Waals surface area contributed by atoms with E-state index in [2.05, 4.69) is 6.92 Å². The van der Waals surface area contributed by atoms with Crippen molar-refractivity contribution < 1.29 is 8.78 Å². The van der Waals surface area contributed by atoms with Crippen LogP contribution in [0.2, 0.25) is 0 Å². The smallest absolute Gasteiger partial charge is 0.150 e. The minimum absolute atomic E-state index is 0.458. The van der Waals surface area contributed by atoms with Gasteiger partial charge in [-0.3, -0.25) is 0 Å². The van der Waals surface area contributed by atoms with Crippen molar-refractivity contribution >= 4 is 5.69 Å². The van der Waals surface area contributed by atoms with Crippen LogP contribution in [-0.2, 0) is 6.42 Å². The molecule has 1 aliphatic rings. The minimum Gasteiger partial charge on any atom is -0.346 e. The first-order chi connectivity index (χ1) is 8.22. The van der Waals surface area contributed by atoms with Gasteiger partial charge >= 0.3 is 0 Å². The fraction of sp³-hybridized carbons (Fsp3) is 0.429. The number of benzene rings is 1. The third kappa shape index (κ3) is 2.65. The third-order valence-corrected chi connectivity index (χ3v) is 3.02. The molecule has 0 atom stereocenters. The van der Waals surface area contributed by atoms with Crippen molar-refractivity contribution in [2.75, 3.05) is 11.4 Å². The van der Waals surface area contributed by atoms with Crippen LogP contribution in [0.25, 0.3) is 0 Å². The molecule has 1 nitrogen and oxygen atoms in total. The van der Waals surface area contributed by atoms with Crippen LogP contribution in [0.4, 0.5) is 14.5 Å². The standard InChI is InChI=1S/C14H17F2N/c1-2-3-4-7-17-8-5-6-11-9-12(15)10-13(16)14(11)17/h5,8-10H,2-4,6-7H2,1H3. The molecule has 0 radical (unpaired) electrons. The Kier molecular flexibility index (Phi) is 3.77. The Balaban J connectivity index is 2.21. The lowest BCUT2D eigenvalue weighted by Crippen LogP contribution is -2.23. The summed E-state index contributed by atoms with van der Waals surface area (Å²) >= 11 is 0. The van der Waals surface area contributed by atoms with E-state index in [9.17, 15) is 8.78 Å². The van der Waals surface area contributed by atoms with Gasteiger partial charge in [-0.05, 0) is 24.5 Å². The van der Waals surface area contributed by atoms with Crippen molar-refractivity contribution in [1.29, 1.82) is 0 Å². The molecule has 0 fully saturated rings. The van der Waals surface area contributed by atoms with Crippen LogP contribution in [0, 0.1) is 11.6 Å². The lowest BCUT2D eigenvalue weighted by molar-refractivity contribution is 0.576. The first kappa shape index (κ1) is 12.1. The molecule has 17 heavy (non-hydrogen) atoms. The summed E-state index contributed by atoms with van der Waals surface area (Å²) in [4.78, 5) is 1.89. The highest BCUT2D eigenvalue weighted by molar-refractivity contribution is 5.60. The van der Waals surface area contributed by atoms with Gasteiger partial charge in [0.2, 0.25) is 0 Å². The van der Waals surface area contributed by atoms with Crippen molar-refractivity contribution in [3.05, 3.63) is 41.6 Å². The highest BCUT2D eigenvalue weighted by atomic mass is 19.1. The number of nitrogens with zero attached hydrogens (tertiary/aromatic N) is 1. The highest BCUT2D eigenvalue weighted by Gasteiger charge is 2.18. The van der Waals surface area contributed by atoms with Crippen LogP contribution in [0.1, 0.15) is 31.7 Å². The van der Waals surface area contributed by atoms with Gasteiger partial charge in [0.1, 0.15) is 11.6 Å². The molecule has 0 saturated heterocycles. The van der Waals surface area contributed by atoms with Crippen molar-refractivity contribution in [1.82, 2.24) is 0 Å². The van der Waals surface area contributed by atoms with E-state index < -0.39 is 11.6 Å². The first-order valence-electron chi connectivity index (χ1n) is 6.13. The Hall–Kier alpha value is -1.38. The molecule has 1 aliphatic heterocycles. The summed E-state index contributed by atoms with van der Waals surface area (Å²) in [6.45, 7) is 2.93. The fourth-order valence-corrected chi connectivity index (χ4v) is 2.20. The molecule has 92 valence electrons. The van der Waals surface area contributed by atoms with Gasteiger partial charge in [0.05, 0.1) is 5.69 Å². The second-order valence-electron chi connectivity index (χ2n) is 4.38. The highest BCUT2D eigenvalue weighted by Crippen LogP contribution is 2.30. The van der Waals surface area contributed by atoms with Gasteiger partial charge in [0.15, 0.2) is 0 Å². The number of halogens is 2. The van der Waals surface area contributed by atoms with Gasteiger partial charge < -0.3 is 4.90 Å². The molecule has 0 bridgehead atoms. The molecule has 1 aromatic rings. The molecular formula is C14H17F2N. The zero-order valence-electron chi connectivity index (χ0n) is 10.0. The molecule has 1 aromatic carbocycles. The second-order valence-corrected chi connectivity index (χ2v) is 4.38. The largest absolute Gasteiger partial charge is 0.346 e. The molecule has 0 saturated carbocycles. The number of allylic oxidation sites excluding steroid dienone is 1. The Bertz CT molecular complexity index is 426. The van der Waals surface area contributed by atoms with Crippen LogP contribution in [0.3, 0.4) is 0 Å². The van der Waals surface area contributed by atoms with Gasteiger partial charge in [-0.1, -0.05) is 25.8 Å². The average molecular weight is 237 g/mol. The van der Waals surface area contributed by atoms with E-state index in [-0.39, 0.29) is 0 Å². The normalized spacial score (nSPS) is 13.9. The summed E-state index contributed by atoms with van der Waals surface area (Å²) in [6, 6.07) is 2.39. The summed E-state index contributed by atoms with van der Waals surface area (Å²) in [5.74, 6) is -0.953. The number of rotatable bonds is 4. The Labute approximate surface area is 101 Å². The van der Waals surface area contributed by atoms with Gasteiger partial charge in [0.25, 0.3) is 0 Å². The number of hydrogen-bond donors (Lipinski definition) is 0. The molecule has 0 aromatic heterocycles. The van der Waals surface area contributed by atoms with E-state index in [1.165, 1.54) is 6.07 Å². The Morgan fingerprint density at radius 1 is 1.24 bits per heavy atom. The Morgan fingerprint density at radius 3 is 2.82 bits per heavy atom. The molecule has 0 aliphatic carbocycles. The Morgan fingerprint density at radius 2 is 2.06 bits per heavy atom. The van der Waals surface area contributed by atoms with E-state index in [0.717, 1.165) is 37.4 Å². The SMILES string of the molecule is CCCCCN1C=CCc2cc(F)cc(F)c21. The summed E-state index contributed by atoms with van der Waals surface area (Å²) in [5, 5.41) is 0. The molecule has 2 rings (SSSR count). The van der Waals surface area contributed by atoms with Crippen LogP contribution >= 0.6 is 0 Å². The van der Waals surface area contributed by atoms with E-state index in [4.69, 9.17) is 0 Å². The maximum absolute atomic E-state index is 13.8. The van der Waals surface area contributed by atoms with Gasteiger partial charge in [-0.25, -0.2) is 8.78 Å². The van der Waals surface area contributed by atoms with Gasteiger partial charge in [-0.15, -0.1) is 0 Å². The van der Waals surface area contributed by atoms with Crippen molar-refractivity contribution in [3.63, 3.8) is 0 Å². The predicted octanol–water partition coefficient (Wildman–Crippen LogP) is 4.03. The summed E-state index contributed by atoms with van der Waals surface area (Å²) in [5.41, 5.74) is 1.28. The number of unbranched alkanes of at least 4 members (excludes halogenated alkanes) is 2. The van der Waals surface area contributed by atoms with Crippen LogP contribution in [-0.4, -0.2) is 6.54 Å². The number of hydrogen-bond acceptors (Lipinski definition) is 1. The molecule has 0 spiro atoms. The number of anilines is 1. The molecule has 0 amide bonds. The second kappa shape index (κ2) is 5.30. The van der Waals surface area contributed by atoms with E-state index in [1.807, 2.05) is 17.2 Å². The van der Waals surface area contributed by atoms with Gasteiger partial charge in [0, 0.05) is 18.8 Å². The fourth-order valence-electron chi connectivity index (χ4n) is 2.20. The summed E-state index contributed by atoms with van der Waals surface area (Å²) in [7, 11) is 0. The monoisotopic (exact) mass is 237 g/mol. The lowest BCUT2D eigenvalue weighted by Gasteiger charge is -2.27. The predicted molar refractivity (Wildman–Crippen MR) is 66.1 cm³/mol. The van der Waals surface area contributed by atoms with Crippen LogP contribution in [0.15, 0.2) is 24.4 Å². The van der Waals surface area contributed by atoms with E-state index >= 15 is 0 Å². The maximum Gasteiger partial charge on any atom is 0.150 e.